The van der Waals surface area contributed by atoms with E-state index >= 15 is 0 Å². The third-order valence-electron chi connectivity index (χ3n) is 4.85. The smallest absolute Gasteiger partial charge is 0.330 e. The van der Waals surface area contributed by atoms with Crippen LogP contribution in [0, 0.1) is 12.8 Å². The van der Waals surface area contributed by atoms with Gasteiger partial charge in [-0.25, -0.2) is 4.79 Å². The number of aromatic nitrogens is 1. The van der Waals surface area contributed by atoms with E-state index in [4.69, 9.17) is 4.74 Å². The normalized spacial score (nSPS) is 11.8. The van der Waals surface area contributed by atoms with Crippen LogP contribution >= 0.6 is 0 Å². The number of anilines is 1. The number of nitrogens with zero attached hydrogens (tertiary/aromatic N) is 1. The number of nitrogens with one attached hydrogen (secondary N) is 3. The number of amides is 3. The predicted octanol–water partition coefficient (Wildman–Crippen LogP) is 1.66. The van der Waals surface area contributed by atoms with Gasteiger partial charge >= 0.3 is 5.97 Å². The van der Waals surface area contributed by atoms with Crippen LogP contribution in [0.3, 0.4) is 0 Å². The molecule has 1 atom stereocenters. The first-order valence-electron chi connectivity index (χ1n) is 11.4. The molecule has 0 aliphatic rings. The summed E-state index contributed by atoms with van der Waals surface area (Å²) in [7, 11) is 0. The number of carbonyl (C=O) groups is 4. The zero-order valence-corrected chi connectivity index (χ0v) is 20.6. The average Bonchev–Trinajstić information content (AvgIpc) is 2.75. The number of pyridine rings is 1. The summed E-state index contributed by atoms with van der Waals surface area (Å²) in [6.07, 6.45) is 4.18. The lowest BCUT2D eigenvalue weighted by Gasteiger charge is -2.18. The standard InChI is InChI=1S/C24H36N4O6/c1-6-34-22(31)10-8-7-9-19(26-18(5)29)23(32)27-20-12-11-17(4)28(24(20)33)15-21(30)25-14-13-16(2)3/h8,10-12,16,19H,6-7,9,13-15H2,1-5H3,(H,25,30)(H,26,29)(H,27,32)/b10-8+/t19-/m0/s1. The first-order valence-corrected chi connectivity index (χ1v) is 11.4. The minimum Gasteiger partial charge on any atom is -0.463 e. The van der Waals surface area contributed by atoms with Crippen molar-refractivity contribution >= 4 is 29.4 Å². The molecule has 34 heavy (non-hydrogen) atoms. The number of rotatable bonds is 13. The molecule has 10 heteroatoms. The third kappa shape index (κ3) is 10.5. The highest BCUT2D eigenvalue weighted by Crippen LogP contribution is 2.07. The van der Waals surface area contributed by atoms with E-state index in [1.54, 1.807) is 26.0 Å². The van der Waals surface area contributed by atoms with Gasteiger partial charge in [0.1, 0.15) is 18.3 Å². The SMILES string of the molecule is CCOC(=O)/C=C/CC[C@H](NC(C)=O)C(=O)Nc1ccc(C)n(CC(=O)NCCC(C)C)c1=O. The first kappa shape index (κ1) is 28.6. The van der Waals surface area contributed by atoms with Gasteiger partial charge in [0.2, 0.25) is 17.7 Å². The molecule has 1 aromatic heterocycles. The van der Waals surface area contributed by atoms with Crippen molar-refractivity contribution in [3.63, 3.8) is 0 Å². The highest BCUT2D eigenvalue weighted by atomic mass is 16.5. The maximum Gasteiger partial charge on any atom is 0.330 e. The number of esters is 1. The van der Waals surface area contributed by atoms with E-state index in [1.165, 1.54) is 23.6 Å². The van der Waals surface area contributed by atoms with Crippen molar-refractivity contribution in [1.29, 1.82) is 0 Å². The summed E-state index contributed by atoms with van der Waals surface area (Å²) in [5.74, 6) is -1.32. The van der Waals surface area contributed by atoms with Crippen molar-refractivity contribution in [1.82, 2.24) is 15.2 Å². The molecule has 188 valence electrons. The highest BCUT2D eigenvalue weighted by molar-refractivity contribution is 5.96. The quantitative estimate of drug-likeness (QED) is 0.293. The van der Waals surface area contributed by atoms with Gasteiger partial charge in [0, 0.05) is 25.2 Å². The minimum atomic E-state index is -0.919. The van der Waals surface area contributed by atoms with E-state index < -0.39 is 29.4 Å². The van der Waals surface area contributed by atoms with E-state index in [0.29, 0.717) is 24.6 Å². The molecule has 0 unspecified atom stereocenters. The molecule has 0 bridgehead atoms. The third-order valence-corrected chi connectivity index (χ3v) is 4.85. The number of aryl methyl sites for hydroxylation is 1. The van der Waals surface area contributed by atoms with Crippen LogP contribution < -0.4 is 21.5 Å². The van der Waals surface area contributed by atoms with Crippen LogP contribution in [0.25, 0.3) is 0 Å². The van der Waals surface area contributed by atoms with Gasteiger partial charge < -0.3 is 25.3 Å². The lowest BCUT2D eigenvalue weighted by molar-refractivity contribution is -0.137. The molecular weight excluding hydrogens is 440 g/mol. The number of carbonyl (C=O) groups excluding carboxylic acids is 4. The van der Waals surface area contributed by atoms with Crippen molar-refractivity contribution in [3.05, 3.63) is 40.3 Å². The minimum absolute atomic E-state index is 0.00278. The molecule has 0 saturated heterocycles. The van der Waals surface area contributed by atoms with Gasteiger partial charge in [-0.3, -0.25) is 19.2 Å². The molecule has 0 saturated carbocycles. The number of allylic oxidation sites excluding steroid dienone is 1. The molecule has 0 spiro atoms. The molecule has 0 aliphatic carbocycles. The zero-order chi connectivity index (χ0) is 25.7. The van der Waals surface area contributed by atoms with Crippen LogP contribution in [0.15, 0.2) is 29.1 Å². The van der Waals surface area contributed by atoms with Gasteiger partial charge in [-0.05, 0) is 51.2 Å². The fourth-order valence-electron chi connectivity index (χ4n) is 3.03. The van der Waals surface area contributed by atoms with Crippen LogP contribution in [0.2, 0.25) is 0 Å². The van der Waals surface area contributed by atoms with Crippen molar-refractivity contribution in [3.8, 4) is 0 Å². The molecule has 0 aliphatic heterocycles. The second-order valence-corrected chi connectivity index (χ2v) is 8.29. The number of ether oxygens (including phenoxy) is 1. The van der Waals surface area contributed by atoms with E-state index in [2.05, 4.69) is 29.8 Å². The maximum atomic E-state index is 12.9. The summed E-state index contributed by atoms with van der Waals surface area (Å²) in [6, 6.07) is 2.18. The van der Waals surface area contributed by atoms with Gasteiger partial charge in [-0.1, -0.05) is 19.9 Å². The van der Waals surface area contributed by atoms with Crippen molar-refractivity contribution < 1.29 is 23.9 Å². The molecule has 0 radical (unpaired) electrons. The largest absolute Gasteiger partial charge is 0.463 e. The topological polar surface area (TPSA) is 136 Å². The van der Waals surface area contributed by atoms with E-state index in [-0.39, 0.29) is 31.2 Å². The van der Waals surface area contributed by atoms with E-state index in [0.717, 1.165) is 6.42 Å². The molecule has 0 fully saturated rings. The summed E-state index contributed by atoms with van der Waals surface area (Å²) >= 11 is 0. The van der Waals surface area contributed by atoms with Crippen LogP contribution in [0.5, 0.6) is 0 Å². The lowest BCUT2D eigenvalue weighted by atomic mass is 10.1. The first-order chi connectivity index (χ1) is 16.0. The Bertz CT molecular complexity index is 951. The van der Waals surface area contributed by atoms with Crippen LogP contribution in [-0.4, -0.2) is 47.5 Å². The van der Waals surface area contributed by atoms with Crippen LogP contribution in [0.4, 0.5) is 5.69 Å². The van der Waals surface area contributed by atoms with Crippen molar-refractivity contribution in [2.45, 2.75) is 66.5 Å². The van der Waals surface area contributed by atoms with Gasteiger partial charge in [0.15, 0.2) is 0 Å². The average molecular weight is 477 g/mol. The fraction of sp³-hybridized carbons (Fsp3) is 0.542. The van der Waals surface area contributed by atoms with Crippen LogP contribution in [-0.2, 0) is 30.5 Å². The molecule has 1 rings (SSSR count). The molecule has 3 amide bonds. The molecule has 3 N–H and O–H groups in total. The van der Waals surface area contributed by atoms with Gasteiger partial charge in [-0.2, -0.15) is 0 Å². The van der Waals surface area contributed by atoms with Crippen LogP contribution in [0.1, 0.15) is 52.7 Å². The summed E-state index contributed by atoms with van der Waals surface area (Å²) in [5.41, 5.74) is 0.0589. The molecule has 1 aromatic rings. The van der Waals surface area contributed by atoms with Crippen molar-refractivity contribution in [2.24, 2.45) is 5.92 Å². The van der Waals surface area contributed by atoms with E-state index in [1.807, 2.05) is 0 Å². The Morgan fingerprint density at radius 1 is 1.15 bits per heavy atom. The lowest BCUT2D eigenvalue weighted by Crippen LogP contribution is -2.44. The summed E-state index contributed by atoms with van der Waals surface area (Å²) in [4.78, 5) is 60.9. The Labute approximate surface area is 200 Å². The van der Waals surface area contributed by atoms with E-state index in [9.17, 15) is 24.0 Å². The zero-order valence-electron chi connectivity index (χ0n) is 20.6. The van der Waals surface area contributed by atoms with Gasteiger partial charge in [-0.15, -0.1) is 0 Å². The molecule has 0 aromatic carbocycles. The Morgan fingerprint density at radius 3 is 2.47 bits per heavy atom. The Balaban J connectivity index is 2.88. The monoisotopic (exact) mass is 476 g/mol. The summed E-state index contributed by atoms with van der Waals surface area (Å²) in [5, 5.41) is 7.89. The van der Waals surface area contributed by atoms with Gasteiger partial charge in [0.25, 0.3) is 5.56 Å². The second-order valence-electron chi connectivity index (χ2n) is 8.29. The number of hydrogen-bond donors (Lipinski definition) is 3. The Morgan fingerprint density at radius 2 is 1.85 bits per heavy atom. The fourth-order valence-corrected chi connectivity index (χ4v) is 3.03. The van der Waals surface area contributed by atoms with Crippen molar-refractivity contribution in [2.75, 3.05) is 18.5 Å². The molecule has 1 heterocycles. The second kappa shape index (κ2) is 14.7. The summed E-state index contributed by atoms with van der Waals surface area (Å²) < 4.78 is 6.08. The highest BCUT2D eigenvalue weighted by Gasteiger charge is 2.21. The molecular formula is C24H36N4O6. The summed E-state index contributed by atoms with van der Waals surface area (Å²) in [6.45, 7) is 9.39. The Hall–Kier alpha value is -3.43. The predicted molar refractivity (Wildman–Crippen MR) is 129 cm³/mol. The number of hydrogen-bond acceptors (Lipinski definition) is 6. The van der Waals surface area contributed by atoms with Gasteiger partial charge in [0.05, 0.1) is 6.61 Å². The maximum absolute atomic E-state index is 12.9. The Kier molecular flexibility index (Phi) is 12.3. The molecule has 10 nitrogen and oxygen atoms in total.